The molecule has 0 heterocycles. The number of hydrogen-bond acceptors (Lipinski definition) is 9. The standard InChI is InChI=1S/C47H88NO10P/c1-3-5-7-9-11-13-15-17-19-21-22-23-25-27-29-31-33-35-37-39-46(50)58-43(41-56-59(53,54)57-42-44(48)47(51)52)40-55-45(49)38-36-34-32-30-28-26-24-20-18-16-14-12-10-8-6-4-2/h20-22,24,43-44H,3-19,23,25-42,48H2,1-2H3,(H,51,52)(H,53,54)/b22-21-,24-20-/t43-,44+/m1/s1. The average molecular weight is 858 g/mol. The van der Waals surface area contributed by atoms with Crippen LogP contribution in [0.15, 0.2) is 24.3 Å². The van der Waals surface area contributed by atoms with Crippen LogP contribution in [0, 0.1) is 0 Å². The smallest absolute Gasteiger partial charge is 0.472 e. The van der Waals surface area contributed by atoms with Gasteiger partial charge in [-0.15, -0.1) is 0 Å². The zero-order valence-corrected chi connectivity index (χ0v) is 38.5. The summed E-state index contributed by atoms with van der Waals surface area (Å²) in [5.74, 6) is -2.38. The van der Waals surface area contributed by atoms with Crippen LogP contribution in [-0.2, 0) is 37.5 Å². The molecule has 0 aliphatic carbocycles. The summed E-state index contributed by atoms with van der Waals surface area (Å²) in [6.45, 7) is 2.81. The quantitative estimate of drug-likeness (QED) is 0.0230. The summed E-state index contributed by atoms with van der Waals surface area (Å²) in [5.41, 5.74) is 5.34. The van der Waals surface area contributed by atoms with Gasteiger partial charge in [0.2, 0.25) is 0 Å². The van der Waals surface area contributed by atoms with E-state index in [1.54, 1.807) is 0 Å². The lowest BCUT2D eigenvalue weighted by molar-refractivity contribution is -0.161. The Labute approximate surface area is 360 Å². The van der Waals surface area contributed by atoms with Crippen LogP contribution in [0.4, 0.5) is 0 Å². The molecule has 0 aromatic heterocycles. The first-order valence-corrected chi connectivity index (χ1v) is 25.4. The fourth-order valence-electron chi connectivity index (χ4n) is 6.64. The van der Waals surface area contributed by atoms with E-state index in [-0.39, 0.29) is 19.4 Å². The Bertz CT molecular complexity index is 1100. The number of carbonyl (C=O) groups is 3. The molecule has 0 fully saturated rings. The Morgan fingerprint density at radius 2 is 0.847 bits per heavy atom. The van der Waals surface area contributed by atoms with Crippen molar-refractivity contribution in [1.29, 1.82) is 0 Å². The number of ether oxygens (including phenoxy) is 2. The predicted octanol–water partition coefficient (Wildman–Crippen LogP) is 13.0. The van der Waals surface area contributed by atoms with Crippen molar-refractivity contribution in [2.75, 3.05) is 19.8 Å². The van der Waals surface area contributed by atoms with Gasteiger partial charge in [-0.3, -0.25) is 23.4 Å². The van der Waals surface area contributed by atoms with Crippen LogP contribution in [0.2, 0.25) is 0 Å². The molecule has 0 aromatic carbocycles. The molecule has 0 aromatic rings. The number of unbranched alkanes of at least 4 members (excludes halogenated alkanes) is 27. The summed E-state index contributed by atoms with van der Waals surface area (Å²) in [6, 6.07) is -1.52. The summed E-state index contributed by atoms with van der Waals surface area (Å²) in [5, 5.41) is 8.90. The van der Waals surface area contributed by atoms with E-state index in [1.165, 1.54) is 122 Å². The maximum absolute atomic E-state index is 12.7. The molecule has 11 nitrogen and oxygen atoms in total. The van der Waals surface area contributed by atoms with Gasteiger partial charge in [0.05, 0.1) is 13.2 Å². The molecule has 0 bridgehead atoms. The van der Waals surface area contributed by atoms with Crippen LogP contribution in [0.3, 0.4) is 0 Å². The number of phosphoric ester groups is 1. The van der Waals surface area contributed by atoms with Gasteiger partial charge < -0.3 is 25.2 Å². The molecule has 0 aliphatic heterocycles. The Kier molecular flexibility index (Phi) is 41.2. The van der Waals surface area contributed by atoms with Crippen LogP contribution in [0.5, 0.6) is 0 Å². The lowest BCUT2D eigenvalue weighted by atomic mass is 10.1. The first-order valence-electron chi connectivity index (χ1n) is 23.9. The highest BCUT2D eigenvalue weighted by Crippen LogP contribution is 2.43. The fraction of sp³-hybridized carbons (Fsp3) is 0.851. The predicted molar refractivity (Wildman–Crippen MR) is 240 cm³/mol. The van der Waals surface area contributed by atoms with E-state index < -0.39 is 51.1 Å². The van der Waals surface area contributed by atoms with Crippen molar-refractivity contribution in [2.45, 2.75) is 238 Å². The number of phosphoric acid groups is 1. The second kappa shape index (κ2) is 42.6. The molecule has 0 amide bonds. The van der Waals surface area contributed by atoms with Gasteiger partial charge in [0.15, 0.2) is 6.10 Å². The van der Waals surface area contributed by atoms with Crippen molar-refractivity contribution < 1.29 is 47.5 Å². The highest BCUT2D eigenvalue weighted by Gasteiger charge is 2.28. The lowest BCUT2D eigenvalue weighted by Crippen LogP contribution is -2.34. The molecular weight excluding hydrogens is 769 g/mol. The van der Waals surface area contributed by atoms with E-state index in [4.69, 9.17) is 24.8 Å². The van der Waals surface area contributed by atoms with Gasteiger partial charge in [-0.05, 0) is 64.2 Å². The van der Waals surface area contributed by atoms with E-state index >= 15 is 0 Å². The number of allylic oxidation sites excluding steroid dienone is 4. The Hall–Kier alpha value is -2.04. The zero-order chi connectivity index (χ0) is 43.5. The molecule has 0 saturated carbocycles. The van der Waals surface area contributed by atoms with Crippen LogP contribution >= 0.6 is 7.82 Å². The van der Waals surface area contributed by atoms with E-state index in [0.29, 0.717) is 12.8 Å². The minimum Gasteiger partial charge on any atom is -0.480 e. The summed E-state index contributed by atoms with van der Waals surface area (Å²) in [7, 11) is -4.72. The Balaban J connectivity index is 4.31. The molecule has 12 heteroatoms. The van der Waals surface area contributed by atoms with E-state index in [0.717, 1.165) is 64.2 Å². The molecule has 4 N–H and O–H groups in total. The number of nitrogens with two attached hydrogens (primary N) is 1. The number of carbonyl (C=O) groups excluding carboxylic acids is 2. The number of esters is 2. The number of aliphatic carboxylic acids is 1. The van der Waals surface area contributed by atoms with Gasteiger partial charge in [0, 0.05) is 12.8 Å². The molecule has 0 aliphatic rings. The highest BCUT2D eigenvalue weighted by atomic mass is 31.2. The van der Waals surface area contributed by atoms with E-state index in [9.17, 15) is 23.8 Å². The van der Waals surface area contributed by atoms with E-state index in [1.807, 2.05) is 0 Å². The fourth-order valence-corrected chi connectivity index (χ4v) is 7.42. The molecule has 3 atom stereocenters. The maximum atomic E-state index is 12.7. The van der Waals surface area contributed by atoms with Crippen molar-refractivity contribution in [3.63, 3.8) is 0 Å². The largest absolute Gasteiger partial charge is 0.480 e. The topological polar surface area (TPSA) is 172 Å². The van der Waals surface area contributed by atoms with Crippen LogP contribution in [0.25, 0.3) is 0 Å². The SMILES string of the molecule is CCCCCCCCC/C=C\CCCCCCCC(=O)OC[C@H](COP(=O)(O)OC[C@H](N)C(=O)O)OC(=O)CCCCCCCCC/C=C\CCCCCCCCCC. The Morgan fingerprint density at radius 1 is 0.508 bits per heavy atom. The molecule has 346 valence electrons. The van der Waals surface area contributed by atoms with Gasteiger partial charge in [-0.1, -0.05) is 173 Å². The molecule has 1 unspecified atom stereocenters. The maximum Gasteiger partial charge on any atom is 0.472 e. The highest BCUT2D eigenvalue weighted by molar-refractivity contribution is 7.47. The second-order valence-electron chi connectivity index (χ2n) is 16.2. The third-order valence-electron chi connectivity index (χ3n) is 10.4. The number of carboxylic acids is 1. The molecular formula is C47H88NO10P. The number of hydrogen-bond donors (Lipinski definition) is 3. The van der Waals surface area contributed by atoms with Crippen molar-refractivity contribution in [3.05, 3.63) is 24.3 Å². The Morgan fingerprint density at radius 3 is 1.24 bits per heavy atom. The van der Waals surface area contributed by atoms with Crippen molar-refractivity contribution in [2.24, 2.45) is 5.73 Å². The normalized spacial score (nSPS) is 13.8. The molecule has 59 heavy (non-hydrogen) atoms. The van der Waals surface area contributed by atoms with Gasteiger partial charge in [-0.2, -0.15) is 0 Å². The first kappa shape index (κ1) is 57.0. The van der Waals surface area contributed by atoms with Crippen molar-refractivity contribution >= 4 is 25.7 Å². The summed E-state index contributed by atoms with van der Waals surface area (Å²) >= 11 is 0. The zero-order valence-electron chi connectivity index (χ0n) is 37.6. The van der Waals surface area contributed by atoms with Gasteiger partial charge in [-0.25, -0.2) is 4.57 Å². The van der Waals surface area contributed by atoms with Crippen LogP contribution in [-0.4, -0.2) is 59.9 Å². The number of carboxylic acid groups (broad SMARTS) is 1. The first-order chi connectivity index (χ1) is 28.6. The molecule has 0 saturated heterocycles. The third-order valence-corrected chi connectivity index (χ3v) is 11.4. The lowest BCUT2D eigenvalue weighted by Gasteiger charge is -2.20. The van der Waals surface area contributed by atoms with Crippen molar-refractivity contribution in [3.8, 4) is 0 Å². The van der Waals surface area contributed by atoms with Crippen LogP contribution in [0.1, 0.15) is 226 Å². The summed E-state index contributed by atoms with van der Waals surface area (Å²) in [6.07, 6.45) is 45.2. The average Bonchev–Trinajstić information content (AvgIpc) is 3.21. The minimum atomic E-state index is -4.72. The molecule has 0 spiro atoms. The van der Waals surface area contributed by atoms with Gasteiger partial charge in [0.1, 0.15) is 12.6 Å². The minimum absolute atomic E-state index is 0.157. The summed E-state index contributed by atoms with van der Waals surface area (Å²) in [4.78, 5) is 46.1. The summed E-state index contributed by atoms with van der Waals surface area (Å²) < 4.78 is 32.8. The van der Waals surface area contributed by atoms with Gasteiger partial charge >= 0.3 is 25.7 Å². The van der Waals surface area contributed by atoms with Crippen LogP contribution < -0.4 is 5.73 Å². The van der Waals surface area contributed by atoms with E-state index in [2.05, 4.69) is 42.7 Å². The monoisotopic (exact) mass is 858 g/mol. The molecule has 0 rings (SSSR count). The molecule has 0 radical (unpaired) electrons. The van der Waals surface area contributed by atoms with Crippen molar-refractivity contribution in [1.82, 2.24) is 0 Å². The van der Waals surface area contributed by atoms with Gasteiger partial charge in [0.25, 0.3) is 0 Å². The number of rotatable bonds is 45. The third kappa shape index (κ3) is 42.4. The second-order valence-corrected chi connectivity index (χ2v) is 17.7.